The van der Waals surface area contributed by atoms with E-state index in [0.717, 1.165) is 31.2 Å². The number of hydrogen-bond donors (Lipinski definition) is 0. The maximum atomic E-state index is 13.3. The van der Waals surface area contributed by atoms with Gasteiger partial charge in [0.2, 0.25) is 5.91 Å². The molecule has 0 spiro atoms. The van der Waals surface area contributed by atoms with E-state index in [1.165, 1.54) is 25.7 Å². The van der Waals surface area contributed by atoms with Gasteiger partial charge in [0.25, 0.3) is 0 Å². The number of amides is 1. The number of morpholine rings is 1. The van der Waals surface area contributed by atoms with Crippen LogP contribution < -0.4 is 0 Å². The number of carbonyl (C=O) groups excluding carboxylic acids is 2. The molecule has 1 aliphatic heterocycles. The van der Waals surface area contributed by atoms with Gasteiger partial charge in [-0.25, -0.2) is 4.39 Å². The largest absolute Gasteiger partial charge is 0.468 e. The Labute approximate surface area is 165 Å². The van der Waals surface area contributed by atoms with Gasteiger partial charge >= 0.3 is 5.97 Å². The molecule has 3 rings (SSSR count). The maximum Gasteiger partial charge on any atom is 0.325 e. The molecule has 2 aliphatic rings. The van der Waals surface area contributed by atoms with Crippen LogP contribution in [0.2, 0.25) is 0 Å². The zero-order chi connectivity index (χ0) is 19.9. The first-order chi connectivity index (χ1) is 13.6. The second-order valence-corrected chi connectivity index (χ2v) is 7.52. The summed E-state index contributed by atoms with van der Waals surface area (Å²) in [4.78, 5) is 29.1. The SMILES string of the molecule is COC(=O)C1COCCN1CC(=O)N(Cc1ccc(F)cc1)C1CCCCC1. The van der Waals surface area contributed by atoms with E-state index in [9.17, 15) is 14.0 Å². The number of hydrogen-bond acceptors (Lipinski definition) is 5. The zero-order valence-electron chi connectivity index (χ0n) is 16.4. The molecule has 1 aliphatic carbocycles. The van der Waals surface area contributed by atoms with Gasteiger partial charge in [-0.1, -0.05) is 31.4 Å². The number of methoxy groups -OCH3 is 1. The summed E-state index contributed by atoms with van der Waals surface area (Å²) >= 11 is 0. The Balaban J connectivity index is 1.73. The zero-order valence-corrected chi connectivity index (χ0v) is 16.4. The Hall–Kier alpha value is -1.99. The second kappa shape index (κ2) is 9.98. The predicted octanol–water partition coefficient (Wildman–Crippen LogP) is 2.36. The van der Waals surface area contributed by atoms with Gasteiger partial charge in [-0.15, -0.1) is 0 Å². The van der Waals surface area contributed by atoms with Crippen molar-refractivity contribution in [3.63, 3.8) is 0 Å². The first-order valence-electron chi connectivity index (χ1n) is 10.0. The maximum absolute atomic E-state index is 13.3. The summed E-state index contributed by atoms with van der Waals surface area (Å²) in [6.45, 7) is 1.85. The molecule has 0 N–H and O–H groups in total. The van der Waals surface area contributed by atoms with Gasteiger partial charge in [-0.05, 0) is 30.5 Å². The lowest BCUT2D eigenvalue weighted by Gasteiger charge is -2.38. The molecule has 0 aromatic heterocycles. The third-order valence-electron chi connectivity index (χ3n) is 5.65. The van der Waals surface area contributed by atoms with Crippen LogP contribution in [0.15, 0.2) is 24.3 Å². The fraction of sp³-hybridized carbons (Fsp3) is 0.619. The van der Waals surface area contributed by atoms with Crippen LogP contribution in [-0.4, -0.2) is 67.2 Å². The Morgan fingerprint density at radius 3 is 2.61 bits per heavy atom. The minimum absolute atomic E-state index is 0.00738. The molecule has 6 nitrogen and oxygen atoms in total. The molecule has 0 bridgehead atoms. The van der Waals surface area contributed by atoms with Crippen molar-refractivity contribution in [2.75, 3.05) is 33.4 Å². The summed E-state index contributed by atoms with van der Waals surface area (Å²) in [5.41, 5.74) is 0.909. The van der Waals surface area contributed by atoms with Crippen molar-refractivity contribution in [1.82, 2.24) is 9.80 Å². The molecule has 28 heavy (non-hydrogen) atoms. The Kier molecular flexibility index (Phi) is 7.39. The number of ether oxygens (including phenoxy) is 2. The lowest BCUT2D eigenvalue weighted by molar-refractivity contribution is -0.155. The van der Waals surface area contributed by atoms with E-state index >= 15 is 0 Å². The van der Waals surface area contributed by atoms with Crippen molar-refractivity contribution in [3.05, 3.63) is 35.6 Å². The van der Waals surface area contributed by atoms with Crippen molar-refractivity contribution >= 4 is 11.9 Å². The molecule has 0 radical (unpaired) electrons. The average Bonchev–Trinajstić information content (AvgIpc) is 2.73. The first kappa shape index (κ1) is 20.7. The topological polar surface area (TPSA) is 59.1 Å². The summed E-state index contributed by atoms with van der Waals surface area (Å²) in [5.74, 6) is -0.671. The number of halogens is 1. The molecule has 2 fully saturated rings. The van der Waals surface area contributed by atoms with E-state index < -0.39 is 6.04 Å². The molecule has 154 valence electrons. The Morgan fingerprint density at radius 2 is 1.93 bits per heavy atom. The minimum Gasteiger partial charge on any atom is -0.468 e. The van der Waals surface area contributed by atoms with E-state index in [0.29, 0.717) is 19.7 Å². The fourth-order valence-electron chi connectivity index (χ4n) is 4.05. The second-order valence-electron chi connectivity index (χ2n) is 7.52. The van der Waals surface area contributed by atoms with Gasteiger partial charge in [0, 0.05) is 19.1 Å². The van der Waals surface area contributed by atoms with Crippen molar-refractivity contribution in [2.45, 2.75) is 50.7 Å². The third-order valence-corrected chi connectivity index (χ3v) is 5.65. The number of carbonyl (C=O) groups is 2. The monoisotopic (exact) mass is 392 g/mol. The smallest absolute Gasteiger partial charge is 0.325 e. The molecule has 1 atom stereocenters. The quantitative estimate of drug-likeness (QED) is 0.696. The van der Waals surface area contributed by atoms with Crippen LogP contribution >= 0.6 is 0 Å². The predicted molar refractivity (Wildman–Crippen MR) is 102 cm³/mol. The molecule has 1 unspecified atom stereocenters. The number of nitrogens with zero attached hydrogens (tertiary/aromatic N) is 2. The van der Waals surface area contributed by atoms with E-state index in [1.807, 2.05) is 9.80 Å². The molecule has 1 saturated heterocycles. The normalized spacial score (nSPS) is 21.3. The first-order valence-corrected chi connectivity index (χ1v) is 10.0. The Morgan fingerprint density at radius 1 is 1.21 bits per heavy atom. The minimum atomic E-state index is -0.554. The number of esters is 1. The van der Waals surface area contributed by atoms with Crippen LogP contribution in [0, 0.1) is 5.82 Å². The number of rotatable bonds is 6. The van der Waals surface area contributed by atoms with Crippen LogP contribution in [-0.2, 0) is 25.6 Å². The van der Waals surface area contributed by atoms with E-state index in [1.54, 1.807) is 12.1 Å². The van der Waals surface area contributed by atoms with E-state index in [2.05, 4.69) is 0 Å². The van der Waals surface area contributed by atoms with Gasteiger partial charge in [0.15, 0.2) is 0 Å². The molecule has 1 heterocycles. The van der Waals surface area contributed by atoms with Gasteiger partial charge in [0.05, 0.1) is 26.9 Å². The summed E-state index contributed by atoms with van der Waals surface area (Å²) in [6.07, 6.45) is 5.39. The van der Waals surface area contributed by atoms with Crippen LogP contribution in [0.25, 0.3) is 0 Å². The molecular formula is C21H29FN2O4. The fourth-order valence-corrected chi connectivity index (χ4v) is 4.05. The lowest BCUT2D eigenvalue weighted by Crippen LogP contribution is -2.55. The highest BCUT2D eigenvalue weighted by Crippen LogP contribution is 2.25. The van der Waals surface area contributed by atoms with Crippen LogP contribution in [0.5, 0.6) is 0 Å². The van der Waals surface area contributed by atoms with Gasteiger partial charge in [-0.2, -0.15) is 0 Å². The van der Waals surface area contributed by atoms with Gasteiger partial charge in [0.1, 0.15) is 11.9 Å². The van der Waals surface area contributed by atoms with E-state index in [-0.39, 0.29) is 36.9 Å². The van der Waals surface area contributed by atoms with Crippen LogP contribution in [0.1, 0.15) is 37.7 Å². The summed E-state index contributed by atoms with van der Waals surface area (Å²) in [5, 5.41) is 0. The highest BCUT2D eigenvalue weighted by molar-refractivity contribution is 5.81. The lowest BCUT2D eigenvalue weighted by atomic mass is 9.93. The highest BCUT2D eigenvalue weighted by atomic mass is 19.1. The third kappa shape index (κ3) is 5.29. The van der Waals surface area contributed by atoms with Crippen molar-refractivity contribution in [1.29, 1.82) is 0 Å². The van der Waals surface area contributed by atoms with Crippen LogP contribution in [0.3, 0.4) is 0 Å². The molecule has 1 amide bonds. The molecule has 7 heteroatoms. The Bertz CT molecular complexity index is 661. The molecule has 1 aromatic carbocycles. The summed E-state index contributed by atoms with van der Waals surface area (Å²) in [7, 11) is 1.35. The van der Waals surface area contributed by atoms with Crippen molar-refractivity contribution in [2.24, 2.45) is 0 Å². The molecule has 1 saturated carbocycles. The average molecular weight is 392 g/mol. The number of benzene rings is 1. The summed E-state index contributed by atoms with van der Waals surface area (Å²) in [6, 6.07) is 5.93. The van der Waals surface area contributed by atoms with Gasteiger partial charge in [-0.3, -0.25) is 14.5 Å². The van der Waals surface area contributed by atoms with Crippen molar-refractivity contribution < 1.29 is 23.5 Å². The highest BCUT2D eigenvalue weighted by Gasteiger charge is 2.34. The van der Waals surface area contributed by atoms with Crippen LogP contribution in [0.4, 0.5) is 4.39 Å². The van der Waals surface area contributed by atoms with E-state index in [4.69, 9.17) is 9.47 Å². The summed E-state index contributed by atoms with van der Waals surface area (Å²) < 4.78 is 23.5. The molecule has 1 aromatic rings. The van der Waals surface area contributed by atoms with Gasteiger partial charge < -0.3 is 14.4 Å². The van der Waals surface area contributed by atoms with Crippen molar-refractivity contribution in [3.8, 4) is 0 Å². The standard InChI is InChI=1S/C21H29FN2O4/c1-27-21(26)19-15-28-12-11-23(19)14-20(25)24(18-5-3-2-4-6-18)13-16-7-9-17(22)10-8-16/h7-10,18-19H,2-6,11-15H2,1H3. The molecular weight excluding hydrogens is 363 g/mol.